The number of ketones is 1. The van der Waals surface area contributed by atoms with Crippen LogP contribution in [0, 0.1) is 29.1 Å². The minimum absolute atomic E-state index is 0.0509. The van der Waals surface area contributed by atoms with E-state index in [1.54, 1.807) is 6.92 Å². The number of esters is 1. The van der Waals surface area contributed by atoms with Crippen LogP contribution in [0.5, 0.6) is 0 Å². The number of hydrogen-bond donors (Lipinski definition) is 2. The second-order valence-corrected chi connectivity index (χ2v) is 13.1. The van der Waals surface area contributed by atoms with Crippen LogP contribution in [-0.4, -0.2) is 76.6 Å². The van der Waals surface area contributed by atoms with Crippen LogP contribution in [0.25, 0.3) is 0 Å². The fraction of sp³-hybridized carbons (Fsp3) is 0.700. The van der Waals surface area contributed by atoms with Gasteiger partial charge in [-0.1, -0.05) is 44.2 Å². The summed E-state index contributed by atoms with van der Waals surface area (Å²) in [5.74, 6) is -2.25. The van der Waals surface area contributed by atoms with Crippen molar-refractivity contribution in [3.63, 3.8) is 0 Å². The van der Waals surface area contributed by atoms with Crippen molar-refractivity contribution in [2.75, 3.05) is 0 Å². The molecule has 2 saturated carbocycles. The van der Waals surface area contributed by atoms with Crippen molar-refractivity contribution < 1.29 is 38.4 Å². The van der Waals surface area contributed by atoms with Gasteiger partial charge in [0, 0.05) is 30.7 Å². The number of ether oxygens (including phenoxy) is 4. The normalized spacial score (nSPS) is 53.0. The number of carbonyl (C=O) groups excluding carboxylic acids is 3. The third-order valence-electron chi connectivity index (χ3n) is 10.9. The molecule has 7 rings (SSSR count). The fourth-order valence-corrected chi connectivity index (χ4v) is 8.82. The molecule has 1 aromatic carbocycles. The van der Waals surface area contributed by atoms with Crippen molar-refractivity contribution in [2.24, 2.45) is 29.1 Å². The number of benzene rings is 1. The van der Waals surface area contributed by atoms with Crippen LogP contribution in [0.4, 0.5) is 0 Å². The predicted molar refractivity (Wildman–Crippen MR) is 136 cm³/mol. The van der Waals surface area contributed by atoms with Gasteiger partial charge in [-0.3, -0.25) is 14.4 Å². The Hall–Kier alpha value is -2.33. The first-order valence-corrected chi connectivity index (χ1v) is 14.2. The van der Waals surface area contributed by atoms with E-state index in [0.29, 0.717) is 12.8 Å². The number of Topliss-reactive ketones (excluding diaryl/α,β-unsaturated/α-hetero) is 1. The van der Waals surface area contributed by atoms with E-state index in [0.717, 1.165) is 5.56 Å². The van der Waals surface area contributed by atoms with Crippen molar-refractivity contribution in [2.45, 2.75) is 101 Å². The molecule has 2 aliphatic carbocycles. The third kappa shape index (κ3) is 3.42. The van der Waals surface area contributed by atoms with Gasteiger partial charge in [0.05, 0.1) is 23.9 Å². The first-order valence-electron chi connectivity index (χ1n) is 14.2. The molecule has 6 fully saturated rings. The Morgan fingerprint density at radius 2 is 1.79 bits per heavy atom. The van der Waals surface area contributed by atoms with Crippen LogP contribution in [0.1, 0.15) is 46.6 Å². The quantitative estimate of drug-likeness (QED) is 0.438. The Morgan fingerprint density at radius 1 is 1.08 bits per heavy atom. The monoisotopic (exact) mass is 539 g/mol. The number of nitrogens with one attached hydrogen (secondary N) is 1. The summed E-state index contributed by atoms with van der Waals surface area (Å²) in [6, 6.07) is 9.79. The lowest BCUT2D eigenvalue weighted by Gasteiger charge is -2.50. The highest BCUT2D eigenvalue weighted by atomic mass is 16.6. The second-order valence-electron chi connectivity index (χ2n) is 13.1. The highest BCUT2D eigenvalue weighted by molar-refractivity contribution is 5.91. The zero-order valence-corrected chi connectivity index (χ0v) is 23.0. The number of rotatable bonds is 3. The van der Waals surface area contributed by atoms with E-state index in [9.17, 15) is 19.5 Å². The number of carbonyl (C=O) groups is 3. The number of fused-ring (bicyclic) bond motifs is 5. The van der Waals surface area contributed by atoms with Gasteiger partial charge in [0.15, 0.2) is 5.78 Å². The van der Waals surface area contributed by atoms with Gasteiger partial charge in [0.25, 0.3) is 0 Å². The molecule has 1 aromatic rings. The zero-order chi connectivity index (χ0) is 27.6. The highest BCUT2D eigenvalue weighted by Gasteiger charge is 2.84. The van der Waals surface area contributed by atoms with E-state index in [-0.39, 0.29) is 47.9 Å². The molecule has 1 amide bonds. The molecule has 9 nitrogen and oxygen atoms in total. The zero-order valence-electron chi connectivity index (χ0n) is 23.0. The molecule has 2 unspecified atom stereocenters. The molecule has 4 saturated heterocycles. The van der Waals surface area contributed by atoms with Gasteiger partial charge in [0.1, 0.15) is 29.3 Å². The van der Waals surface area contributed by atoms with E-state index in [2.05, 4.69) is 19.2 Å². The maximum Gasteiger partial charge on any atom is 0.303 e. The SMILES string of the molecule is CC(=O)O[C@@H]1[C@@H]2O[C@H]2[C@@](C)(O)C(=O)[C@@H](C)C[C@@H]2OC2C2[C@@H]3O[C@]3(C)[C@@H](C)[C@H]3[C@H](Cc4ccccc4)NC(=O)[C@@]231. The van der Waals surface area contributed by atoms with E-state index in [1.165, 1.54) is 13.8 Å². The molecule has 1 spiro atoms. The first-order chi connectivity index (χ1) is 18.4. The van der Waals surface area contributed by atoms with E-state index in [4.69, 9.17) is 18.9 Å². The standard InChI is InChI=1S/C30H37NO8/c1-13-11-18-21(37-18)20-24-29(5,39-24)14(2)19-17(12-16-9-7-6-8-10-16)31-27(34)30(19,20)26(36-15(3)32)22-25(38-22)28(4,35)23(13)33/h6-10,13-14,17-22,24-26,35H,11-12H2,1-5H3,(H,31,34)/t13-,14-,17-,18-,19-,20?,21?,22+,24-,25+,26+,28-,29+,30+/m0/s1. The minimum Gasteiger partial charge on any atom is -0.458 e. The Kier molecular flexibility index (Phi) is 5.33. The topological polar surface area (TPSA) is 130 Å². The van der Waals surface area contributed by atoms with Crippen LogP contribution in [0.15, 0.2) is 30.3 Å². The molecule has 9 heteroatoms. The molecule has 4 aliphatic heterocycles. The number of amides is 1. The minimum atomic E-state index is -1.79. The van der Waals surface area contributed by atoms with Crippen molar-refractivity contribution in [1.29, 1.82) is 0 Å². The third-order valence-corrected chi connectivity index (χ3v) is 10.9. The Labute approximate surface area is 227 Å². The van der Waals surface area contributed by atoms with Gasteiger partial charge in [-0.15, -0.1) is 0 Å². The summed E-state index contributed by atoms with van der Waals surface area (Å²) < 4.78 is 24.8. The number of aliphatic hydroxyl groups is 1. The van der Waals surface area contributed by atoms with E-state index in [1.807, 2.05) is 30.3 Å². The van der Waals surface area contributed by atoms with Crippen LogP contribution in [-0.2, 0) is 39.8 Å². The highest BCUT2D eigenvalue weighted by Crippen LogP contribution is 2.70. The Balaban J connectivity index is 1.40. The maximum atomic E-state index is 14.5. The maximum absolute atomic E-state index is 14.5. The van der Waals surface area contributed by atoms with Gasteiger partial charge < -0.3 is 29.4 Å². The summed E-state index contributed by atoms with van der Waals surface area (Å²) in [6.45, 7) is 8.81. The summed E-state index contributed by atoms with van der Waals surface area (Å²) >= 11 is 0. The summed E-state index contributed by atoms with van der Waals surface area (Å²) in [7, 11) is 0. The summed E-state index contributed by atoms with van der Waals surface area (Å²) in [4.78, 5) is 40.5. The van der Waals surface area contributed by atoms with Crippen LogP contribution < -0.4 is 5.32 Å². The van der Waals surface area contributed by atoms with Gasteiger partial charge in [0.2, 0.25) is 5.91 Å². The smallest absolute Gasteiger partial charge is 0.303 e. The van der Waals surface area contributed by atoms with Crippen molar-refractivity contribution in [1.82, 2.24) is 5.32 Å². The molecule has 0 bridgehead atoms. The lowest BCUT2D eigenvalue weighted by atomic mass is 9.50. The lowest BCUT2D eigenvalue weighted by molar-refractivity contribution is -0.175. The Morgan fingerprint density at radius 3 is 2.49 bits per heavy atom. The molecule has 210 valence electrons. The molecule has 6 aliphatic rings. The average molecular weight is 540 g/mol. The molecule has 2 N–H and O–H groups in total. The molecule has 4 heterocycles. The van der Waals surface area contributed by atoms with Crippen LogP contribution in [0.3, 0.4) is 0 Å². The van der Waals surface area contributed by atoms with E-state index >= 15 is 0 Å². The van der Waals surface area contributed by atoms with Crippen molar-refractivity contribution >= 4 is 17.7 Å². The van der Waals surface area contributed by atoms with Gasteiger partial charge in [-0.25, -0.2) is 0 Å². The van der Waals surface area contributed by atoms with Gasteiger partial charge in [-0.2, -0.15) is 0 Å². The summed E-state index contributed by atoms with van der Waals surface area (Å²) in [6.07, 6.45) is -2.50. The number of epoxide rings is 3. The molecule has 14 atom stereocenters. The molecular weight excluding hydrogens is 502 g/mol. The van der Waals surface area contributed by atoms with Crippen molar-refractivity contribution in [3.05, 3.63) is 35.9 Å². The molecule has 0 aromatic heterocycles. The van der Waals surface area contributed by atoms with E-state index < -0.39 is 52.7 Å². The average Bonchev–Trinajstić information content (AvgIpc) is 3.79. The Bertz CT molecular complexity index is 1230. The second kappa shape index (κ2) is 8.12. The first kappa shape index (κ1) is 25.6. The molecular formula is C30H37NO8. The fourth-order valence-electron chi connectivity index (χ4n) is 8.82. The molecule has 39 heavy (non-hydrogen) atoms. The number of hydrogen-bond acceptors (Lipinski definition) is 8. The van der Waals surface area contributed by atoms with Crippen LogP contribution >= 0.6 is 0 Å². The van der Waals surface area contributed by atoms with Crippen molar-refractivity contribution in [3.8, 4) is 0 Å². The predicted octanol–water partition coefficient (Wildman–Crippen LogP) is 1.58. The van der Waals surface area contributed by atoms with Crippen LogP contribution in [0.2, 0.25) is 0 Å². The summed E-state index contributed by atoms with van der Waals surface area (Å²) in [5.41, 5.74) is -2.36. The van der Waals surface area contributed by atoms with Gasteiger partial charge in [-0.05, 0) is 38.2 Å². The largest absolute Gasteiger partial charge is 0.458 e. The van der Waals surface area contributed by atoms with Gasteiger partial charge >= 0.3 is 5.97 Å². The lowest BCUT2D eigenvalue weighted by Crippen LogP contribution is -2.64. The summed E-state index contributed by atoms with van der Waals surface area (Å²) in [5, 5.41) is 14.7. The molecule has 0 radical (unpaired) electrons.